The number of piperidine rings is 1. The molecule has 1 atom stereocenters. The maximum Gasteiger partial charge on any atom is 0.278 e. The number of imide groups is 1. The molecule has 1 unspecified atom stereocenters. The minimum absolute atomic E-state index is 0.192. The molecule has 2 aromatic rings. The van der Waals surface area contributed by atoms with Crippen molar-refractivity contribution in [2.45, 2.75) is 25.7 Å². The molecule has 2 heterocycles. The van der Waals surface area contributed by atoms with E-state index in [4.69, 9.17) is 0 Å². The molecule has 1 aromatic heterocycles. The van der Waals surface area contributed by atoms with Crippen LogP contribution in [0.25, 0.3) is 10.9 Å². The zero-order valence-electron chi connectivity index (χ0n) is 11.5. The summed E-state index contributed by atoms with van der Waals surface area (Å²) in [6.45, 7) is 2.01. The van der Waals surface area contributed by atoms with Gasteiger partial charge in [-0.1, -0.05) is 23.6 Å². The Morgan fingerprint density at radius 3 is 2.86 bits per heavy atom. The van der Waals surface area contributed by atoms with Crippen molar-refractivity contribution in [3.63, 3.8) is 0 Å². The summed E-state index contributed by atoms with van der Waals surface area (Å²) >= 11 is 0. The van der Waals surface area contributed by atoms with Crippen LogP contribution in [0.4, 0.5) is 0 Å². The standard InChI is InChI=1S/C13H13BN4O3/c1-14-7-2-3-8-9(6-7)16-17-18(13(8)21)10-4-5-11(19)15-12(10)20/h2-3,6,10,14H,4-5H2,1H3,(H,15,19,20). The zero-order chi connectivity index (χ0) is 15.0. The van der Waals surface area contributed by atoms with E-state index >= 15 is 0 Å². The number of amides is 2. The van der Waals surface area contributed by atoms with Crippen molar-refractivity contribution in [2.75, 3.05) is 0 Å². The van der Waals surface area contributed by atoms with Gasteiger partial charge < -0.3 is 0 Å². The first-order valence-corrected chi connectivity index (χ1v) is 6.82. The van der Waals surface area contributed by atoms with Gasteiger partial charge in [0.1, 0.15) is 6.04 Å². The number of aromatic nitrogens is 3. The normalized spacial score (nSPS) is 18.6. The molecule has 0 saturated carbocycles. The lowest BCUT2D eigenvalue weighted by atomic mass is 9.73. The molecule has 7 nitrogen and oxygen atoms in total. The topological polar surface area (TPSA) is 94.0 Å². The summed E-state index contributed by atoms with van der Waals surface area (Å²) in [5.41, 5.74) is 1.22. The molecule has 1 aromatic carbocycles. The first-order chi connectivity index (χ1) is 10.1. The Hall–Kier alpha value is -2.51. The Balaban J connectivity index is 2.08. The summed E-state index contributed by atoms with van der Waals surface area (Å²) < 4.78 is 1.07. The van der Waals surface area contributed by atoms with Gasteiger partial charge in [-0.25, -0.2) is 0 Å². The van der Waals surface area contributed by atoms with Crippen molar-refractivity contribution in [1.82, 2.24) is 20.3 Å². The van der Waals surface area contributed by atoms with Gasteiger partial charge in [0.15, 0.2) is 7.28 Å². The molecule has 1 saturated heterocycles. The average Bonchev–Trinajstić information content (AvgIpc) is 2.48. The molecule has 2 amide bonds. The van der Waals surface area contributed by atoms with E-state index in [0.29, 0.717) is 10.9 Å². The van der Waals surface area contributed by atoms with Gasteiger partial charge in [0, 0.05) is 6.42 Å². The van der Waals surface area contributed by atoms with E-state index in [1.807, 2.05) is 19.0 Å². The van der Waals surface area contributed by atoms with Gasteiger partial charge in [-0.3, -0.25) is 19.7 Å². The monoisotopic (exact) mass is 284 g/mol. The highest BCUT2D eigenvalue weighted by molar-refractivity contribution is 6.52. The molecule has 0 spiro atoms. The molecule has 0 radical (unpaired) electrons. The number of carbonyl (C=O) groups is 2. The lowest BCUT2D eigenvalue weighted by molar-refractivity contribution is -0.136. The van der Waals surface area contributed by atoms with Crippen molar-refractivity contribution in [2.24, 2.45) is 0 Å². The number of hydrogen-bond donors (Lipinski definition) is 1. The lowest BCUT2D eigenvalue weighted by Crippen LogP contribution is -2.45. The molecule has 8 heteroatoms. The number of fused-ring (bicyclic) bond motifs is 1. The number of carbonyl (C=O) groups excluding carboxylic acids is 2. The summed E-state index contributed by atoms with van der Waals surface area (Å²) in [6.07, 6.45) is 0.454. The van der Waals surface area contributed by atoms with Crippen molar-refractivity contribution in [3.8, 4) is 0 Å². The minimum atomic E-state index is -0.780. The van der Waals surface area contributed by atoms with Crippen LogP contribution in [0.3, 0.4) is 0 Å². The predicted octanol–water partition coefficient (Wildman–Crippen LogP) is -1.12. The summed E-state index contributed by atoms with van der Waals surface area (Å²) in [4.78, 5) is 35.4. The lowest BCUT2D eigenvalue weighted by Gasteiger charge is -2.21. The largest absolute Gasteiger partial charge is 0.295 e. The number of nitrogens with zero attached hydrogens (tertiary/aromatic N) is 3. The van der Waals surface area contributed by atoms with Crippen LogP contribution in [0, 0.1) is 0 Å². The summed E-state index contributed by atoms with van der Waals surface area (Å²) in [5.74, 6) is -0.835. The van der Waals surface area contributed by atoms with E-state index < -0.39 is 11.9 Å². The molecule has 1 aliphatic rings. The second-order valence-corrected chi connectivity index (χ2v) is 5.01. The first-order valence-electron chi connectivity index (χ1n) is 6.82. The third-order valence-electron chi connectivity index (χ3n) is 3.66. The van der Waals surface area contributed by atoms with Gasteiger partial charge in [0.2, 0.25) is 5.91 Å². The number of nitrogens with one attached hydrogen (secondary N) is 1. The smallest absolute Gasteiger partial charge is 0.278 e. The predicted molar refractivity (Wildman–Crippen MR) is 77.9 cm³/mol. The molecular weight excluding hydrogens is 271 g/mol. The molecule has 3 rings (SSSR count). The molecule has 21 heavy (non-hydrogen) atoms. The van der Waals surface area contributed by atoms with Gasteiger partial charge in [0.25, 0.3) is 11.5 Å². The fourth-order valence-corrected chi connectivity index (χ4v) is 2.44. The van der Waals surface area contributed by atoms with E-state index in [0.717, 1.165) is 17.4 Å². The maximum absolute atomic E-state index is 12.4. The average molecular weight is 284 g/mol. The van der Waals surface area contributed by atoms with E-state index in [1.165, 1.54) is 0 Å². The van der Waals surface area contributed by atoms with Crippen molar-refractivity contribution in [1.29, 1.82) is 0 Å². The van der Waals surface area contributed by atoms with E-state index in [1.54, 1.807) is 6.07 Å². The maximum atomic E-state index is 12.4. The van der Waals surface area contributed by atoms with Crippen LogP contribution in [0.1, 0.15) is 18.9 Å². The van der Waals surface area contributed by atoms with E-state index in [2.05, 4.69) is 15.6 Å². The third kappa shape index (κ3) is 2.33. The van der Waals surface area contributed by atoms with Crippen LogP contribution in [0.15, 0.2) is 23.0 Å². The van der Waals surface area contributed by atoms with Gasteiger partial charge in [-0.15, -0.1) is 5.10 Å². The highest BCUT2D eigenvalue weighted by Gasteiger charge is 2.30. The summed E-state index contributed by atoms with van der Waals surface area (Å²) in [6, 6.07) is 4.60. The fourth-order valence-electron chi connectivity index (χ4n) is 2.44. The Morgan fingerprint density at radius 1 is 1.33 bits per heavy atom. The van der Waals surface area contributed by atoms with Gasteiger partial charge in [-0.05, 0) is 18.6 Å². The number of rotatable bonds is 2. The second kappa shape index (κ2) is 5.12. The minimum Gasteiger partial charge on any atom is -0.295 e. The SMILES string of the molecule is CBc1ccc2c(=O)n(C3CCC(=O)NC3=O)nnc2c1. The Bertz CT molecular complexity index is 802. The van der Waals surface area contributed by atoms with Crippen molar-refractivity contribution < 1.29 is 9.59 Å². The second-order valence-electron chi connectivity index (χ2n) is 5.01. The molecule has 106 valence electrons. The van der Waals surface area contributed by atoms with Gasteiger partial charge >= 0.3 is 0 Å². The molecule has 1 fully saturated rings. The molecule has 0 aliphatic carbocycles. The zero-order valence-corrected chi connectivity index (χ0v) is 11.5. The first kappa shape index (κ1) is 13.5. The van der Waals surface area contributed by atoms with Crippen LogP contribution in [0.5, 0.6) is 0 Å². The summed E-state index contributed by atoms with van der Waals surface area (Å²) in [5, 5.41) is 10.5. The van der Waals surface area contributed by atoms with Crippen LogP contribution in [-0.2, 0) is 9.59 Å². The van der Waals surface area contributed by atoms with E-state index in [-0.39, 0.29) is 24.3 Å². The van der Waals surface area contributed by atoms with Crippen LogP contribution in [-0.4, -0.2) is 34.1 Å². The van der Waals surface area contributed by atoms with Crippen LogP contribution in [0.2, 0.25) is 6.82 Å². The molecule has 0 bridgehead atoms. The summed E-state index contributed by atoms with van der Waals surface area (Å²) in [7, 11) is 0.841. The fraction of sp³-hybridized carbons (Fsp3) is 0.308. The third-order valence-corrected chi connectivity index (χ3v) is 3.66. The van der Waals surface area contributed by atoms with Crippen molar-refractivity contribution in [3.05, 3.63) is 28.6 Å². The Morgan fingerprint density at radius 2 is 2.14 bits per heavy atom. The molecule has 1 aliphatic heterocycles. The van der Waals surface area contributed by atoms with Crippen molar-refractivity contribution >= 4 is 35.5 Å². The Kier molecular flexibility index (Phi) is 3.28. The molecular formula is C13H13BN4O3. The van der Waals surface area contributed by atoms with Crippen LogP contribution < -0.4 is 16.3 Å². The number of benzene rings is 1. The highest BCUT2D eigenvalue weighted by Crippen LogP contribution is 2.16. The quantitative estimate of drug-likeness (QED) is 0.557. The van der Waals surface area contributed by atoms with Gasteiger partial charge in [-0.2, -0.15) is 4.68 Å². The highest BCUT2D eigenvalue weighted by atomic mass is 16.2. The van der Waals surface area contributed by atoms with E-state index in [9.17, 15) is 14.4 Å². The number of hydrogen-bond acceptors (Lipinski definition) is 5. The Labute approximate surface area is 120 Å². The molecule has 1 N–H and O–H groups in total. The van der Waals surface area contributed by atoms with Gasteiger partial charge in [0.05, 0.1) is 10.9 Å². The van der Waals surface area contributed by atoms with Crippen LogP contribution >= 0.6 is 0 Å².